The zero-order chi connectivity index (χ0) is 11.0. The largest absolute Gasteiger partial charge is 0.477 e. The van der Waals surface area contributed by atoms with Gasteiger partial charge in [0, 0.05) is 10.9 Å². The average molecular weight is 239 g/mol. The van der Waals surface area contributed by atoms with Crippen LogP contribution in [-0.2, 0) is 0 Å². The summed E-state index contributed by atoms with van der Waals surface area (Å²) in [5, 5.41) is 13.7. The monoisotopic (exact) mass is 239 g/mol. The van der Waals surface area contributed by atoms with E-state index in [1.54, 1.807) is 18.3 Å². The van der Waals surface area contributed by atoms with Crippen LogP contribution in [0.4, 0.5) is 0 Å². The van der Waals surface area contributed by atoms with Gasteiger partial charge in [-0.1, -0.05) is 0 Å². The van der Waals surface area contributed by atoms with Crippen molar-refractivity contribution in [2.75, 3.05) is 0 Å². The van der Waals surface area contributed by atoms with Crippen LogP contribution in [0, 0.1) is 13.8 Å². The van der Waals surface area contributed by atoms with Crippen LogP contribution in [0.25, 0.3) is 10.6 Å². The third-order valence-corrected chi connectivity index (χ3v) is 4.12. The van der Waals surface area contributed by atoms with Crippen LogP contribution in [0.15, 0.2) is 10.8 Å². The second kappa shape index (κ2) is 3.75. The molecule has 1 N–H and O–H groups in total. The second-order valence-corrected chi connectivity index (χ2v) is 4.95. The van der Waals surface area contributed by atoms with Gasteiger partial charge in [0.2, 0.25) is 0 Å². The van der Waals surface area contributed by atoms with Gasteiger partial charge in [-0.15, -0.1) is 11.3 Å². The van der Waals surface area contributed by atoms with Gasteiger partial charge >= 0.3 is 5.97 Å². The molecule has 0 aliphatic heterocycles. The van der Waals surface area contributed by atoms with E-state index < -0.39 is 5.97 Å². The van der Waals surface area contributed by atoms with Crippen LogP contribution < -0.4 is 0 Å². The number of aromatic nitrogens is 1. The number of aryl methyl sites for hydroxylation is 2. The number of hydrogen-bond acceptors (Lipinski definition) is 4. The van der Waals surface area contributed by atoms with E-state index >= 15 is 0 Å². The number of rotatable bonds is 2. The average Bonchev–Trinajstić information content (AvgIpc) is 2.71. The van der Waals surface area contributed by atoms with Gasteiger partial charge in [0.15, 0.2) is 0 Å². The molecule has 0 spiro atoms. The maximum atomic E-state index is 10.9. The van der Waals surface area contributed by atoms with Gasteiger partial charge in [0.25, 0.3) is 0 Å². The summed E-state index contributed by atoms with van der Waals surface area (Å²) in [4.78, 5) is 15.5. The van der Waals surface area contributed by atoms with E-state index in [-0.39, 0.29) is 0 Å². The molecule has 0 saturated heterocycles. The normalized spacial score (nSPS) is 10.5. The SMILES string of the molecule is Cc1cscc1-c1nc(C)c(C(=O)O)s1. The first-order valence-electron chi connectivity index (χ1n) is 4.33. The van der Waals surface area contributed by atoms with E-state index in [1.807, 2.05) is 17.7 Å². The lowest BCUT2D eigenvalue weighted by molar-refractivity contribution is 0.0701. The minimum atomic E-state index is -0.899. The summed E-state index contributed by atoms with van der Waals surface area (Å²) >= 11 is 2.84. The highest BCUT2D eigenvalue weighted by Crippen LogP contribution is 2.32. The van der Waals surface area contributed by atoms with Crippen LogP contribution in [0.1, 0.15) is 20.9 Å². The first-order chi connectivity index (χ1) is 7.09. The molecule has 78 valence electrons. The standard InChI is InChI=1S/C10H9NO2S2/c1-5-3-14-4-7(5)9-11-6(2)8(15-9)10(12)13/h3-4H,1-2H3,(H,12,13). The van der Waals surface area contributed by atoms with E-state index in [2.05, 4.69) is 4.98 Å². The molecule has 3 nitrogen and oxygen atoms in total. The molecule has 5 heteroatoms. The first-order valence-corrected chi connectivity index (χ1v) is 6.09. The Morgan fingerprint density at radius 3 is 2.60 bits per heavy atom. The summed E-state index contributed by atoms with van der Waals surface area (Å²) in [6, 6.07) is 0. The Labute approximate surface area is 95.0 Å². The summed E-state index contributed by atoms with van der Waals surface area (Å²) in [7, 11) is 0. The van der Waals surface area contributed by atoms with Crippen molar-refractivity contribution in [1.82, 2.24) is 4.98 Å². The fourth-order valence-corrected chi connectivity index (χ4v) is 3.18. The molecule has 0 amide bonds. The van der Waals surface area contributed by atoms with Crippen molar-refractivity contribution < 1.29 is 9.90 Å². The van der Waals surface area contributed by atoms with E-state index in [0.717, 1.165) is 16.1 Å². The molecule has 0 aliphatic carbocycles. The van der Waals surface area contributed by atoms with Gasteiger partial charge in [-0.25, -0.2) is 9.78 Å². The lowest BCUT2D eigenvalue weighted by Crippen LogP contribution is -1.94. The van der Waals surface area contributed by atoms with Crippen molar-refractivity contribution >= 4 is 28.6 Å². The Kier molecular flexibility index (Phi) is 2.58. The summed E-state index contributed by atoms with van der Waals surface area (Å²) in [6.07, 6.45) is 0. The predicted molar refractivity (Wildman–Crippen MR) is 61.9 cm³/mol. The smallest absolute Gasteiger partial charge is 0.347 e. The number of carbonyl (C=O) groups is 1. The first kappa shape index (κ1) is 10.3. The summed E-state index contributed by atoms with van der Waals surface area (Å²) in [5.74, 6) is -0.899. The Balaban J connectivity index is 2.52. The molecule has 0 saturated carbocycles. The molecule has 0 unspecified atom stereocenters. The van der Waals surface area contributed by atoms with Crippen molar-refractivity contribution in [3.05, 3.63) is 26.9 Å². The van der Waals surface area contributed by atoms with Crippen LogP contribution in [-0.4, -0.2) is 16.1 Å². The minimum absolute atomic E-state index is 0.329. The summed E-state index contributed by atoms with van der Waals surface area (Å²) in [5.41, 5.74) is 2.78. The Morgan fingerprint density at radius 1 is 1.40 bits per heavy atom. The number of nitrogens with zero attached hydrogens (tertiary/aromatic N) is 1. The third kappa shape index (κ3) is 1.80. The number of thiazole rings is 1. The van der Waals surface area contributed by atoms with Crippen LogP contribution >= 0.6 is 22.7 Å². The van der Waals surface area contributed by atoms with E-state index in [0.29, 0.717) is 10.6 Å². The topological polar surface area (TPSA) is 50.2 Å². The highest BCUT2D eigenvalue weighted by Gasteiger charge is 2.16. The zero-order valence-electron chi connectivity index (χ0n) is 8.27. The van der Waals surface area contributed by atoms with Crippen molar-refractivity contribution in [2.24, 2.45) is 0 Å². The summed E-state index contributed by atoms with van der Waals surface area (Å²) < 4.78 is 0. The van der Waals surface area contributed by atoms with Crippen LogP contribution in [0.3, 0.4) is 0 Å². The Bertz CT molecular complexity index is 513. The summed E-state index contributed by atoms with van der Waals surface area (Å²) in [6.45, 7) is 3.73. The van der Waals surface area contributed by atoms with Crippen molar-refractivity contribution in [3.63, 3.8) is 0 Å². The number of thiophene rings is 1. The molecule has 0 radical (unpaired) electrons. The molecule has 2 rings (SSSR count). The van der Waals surface area contributed by atoms with Gasteiger partial charge in [-0.2, -0.15) is 11.3 Å². The third-order valence-electron chi connectivity index (χ3n) is 2.08. The molecule has 2 aromatic heterocycles. The van der Waals surface area contributed by atoms with Crippen LogP contribution in [0.5, 0.6) is 0 Å². The molecular weight excluding hydrogens is 230 g/mol. The highest BCUT2D eigenvalue weighted by atomic mass is 32.1. The molecule has 0 bridgehead atoms. The Hall–Kier alpha value is -1.20. The maximum Gasteiger partial charge on any atom is 0.347 e. The van der Waals surface area contributed by atoms with Gasteiger partial charge in [-0.05, 0) is 24.8 Å². The molecule has 15 heavy (non-hydrogen) atoms. The van der Waals surface area contributed by atoms with Gasteiger partial charge in [0.1, 0.15) is 9.88 Å². The number of hydrogen-bond donors (Lipinski definition) is 1. The highest BCUT2D eigenvalue weighted by molar-refractivity contribution is 7.17. The molecule has 0 fully saturated rings. The lowest BCUT2D eigenvalue weighted by atomic mass is 10.2. The Morgan fingerprint density at radius 2 is 2.13 bits per heavy atom. The van der Waals surface area contributed by atoms with E-state index in [4.69, 9.17) is 5.11 Å². The number of aromatic carboxylic acids is 1. The second-order valence-electron chi connectivity index (χ2n) is 3.21. The molecule has 0 aliphatic rings. The molecule has 2 aromatic rings. The molecule has 2 heterocycles. The minimum Gasteiger partial charge on any atom is -0.477 e. The van der Waals surface area contributed by atoms with Crippen molar-refractivity contribution in [1.29, 1.82) is 0 Å². The fourth-order valence-electron chi connectivity index (χ4n) is 1.29. The zero-order valence-corrected chi connectivity index (χ0v) is 9.91. The van der Waals surface area contributed by atoms with Gasteiger partial charge < -0.3 is 5.11 Å². The predicted octanol–water partition coefficient (Wildman–Crippen LogP) is 3.19. The molecule has 0 atom stereocenters. The van der Waals surface area contributed by atoms with Gasteiger partial charge in [-0.3, -0.25) is 0 Å². The van der Waals surface area contributed by atoms with Gasteiger partial charge in [0.05, 0.1) is 5.69 Å². The van der Waals surface area contributed by atoms with Crippen molar-refractivity contribution in [2.45, 2.75) is 13.8 Å². The molecule has 0 aromatic carbocycles. The van der Waals surface area contributed by atoms with E-state index in [1.165, 1.54) is 11.3 Å². The van der Waals surface area contributed by atoms with Crippen LogP contribution in [0.2, 0.25) is 0 Å². The quantitative estimate of drug-likeness (QED) is 0.875. The number of carboxylic acids is 1. The van der Waals surface area contributed by atoms with E-state index in [9.17, 15) is 4.79 Å². The lowest BCUT2D eigenvalue weighted by Gasteiger charge is -1.91. The fraction of sp³-hybridized carbons (Fsp3) is 0.200. The van der Waals surface area contributed by atoms with Crippen molar-refractivity contribution in [3.8, 4) is 10.6 Å². The maximum absolute atomic E-state index is 10.9. The molecular formula is C10H9NO2S2. The number of carboxylic acid groups (broad SMARTS) is 1.